The van der Waals surface area contributed by atoms with Gasteiger partial charge in [-0.1, -0.05) is 12.1 Å². The molecule has 0 spiro atoms. The van der Waals surface area contributed by atoms with Crippen LogP contribution in [0.2, 0.25) is 0 Å². The standard InChI is InChI=1S/C22H22N4O2S/c1-4-26-8-7-18-16(22(26)28)12-19(29-18)14-6-5-13-9-15(21(27)25(2)3)11-20(23)24-17(13)10-14/h5-10,12H,4,11H2,1-3H3,(H2,23,24). The second-order valence-electron chi connectivity index (χ2n) is 7.22. The summed E-state index contributed by atoms with van der Waals surface area (Å²) >= 11 is 1.58. The number of benzene rings is 1. The number of hydrogen-bond donors (Lipinski definition) is 1. The summed E-state index contributed by atoms with van der Waals surface area (Å²) in [7, 11) is 3.44. The SMILES string of the molecule is CCn1ccc2sc(-c3ccc4c(c3)N=C(N)CC(C(=O)N(C)C)=C4)cc2c1=O. The van der Waals surface area contributed by atoms with Crippen LogP contribution in [-0.2, 0) is 11.3 Å². The number of aromatic nitrogens is 1. The molecular weight excluding hydrogens is 384 g/mol. The van der Waals surface area contributed by atoms with Crippen molar-refractivity contribution in [2.45, 2.75) is 19.9 Å². The smallest absolute Gasteiger partial charge is 0.259 e. The summed E-state index contributed by atoms with van der Waals surface area (Å²) in [5, 5.41) is 0.728. The fraction of sp³-hybridized carbons (Fsp3) is 0.227. The Hall–Kier alpha value is -3.19. The van der Waals surface area contributed by atoms with E-state index in [1.165, 1.54) is 0 Å². The first-order valence-electron chi connectivity index (χ1n) is 9.40. The van der Waals surface area contributed by atoms with E-state index in [1.807, 2.05) is 49.5 Å². The maximum atomic E-state index is 12.6. The van der Waals surface area contributed by atoms with Crippen LogP contribution >= 0.6 is 11.3 Å². The first kappa shape index (κ1) is 19.1. The molecule has 148 valence electrons. The van der Waals surface area contributed by atoms with Crippen molar-refractivity contribution >= 4 is 44.9 Å². The maximum absolute atomic E-state index is 12.6. The van der Waals surface area contributed by atoms with Crippen LogP contribution in [0.5, 0.6) is 0 Å². The number of likely N-dealkylation sites (N-methyl/N-ethyl adjacent to an activating group) is 1. The maximum Gasteiger partial charge on any atom is 0.259 e. The van der Waals surface area contributed by atoms with Crippen molar-refractivity contribution in [3.8, 4) is 10.4 Å². The lowest BCUT2D eigenvalue weighted by molar-refractivity contribution is -0.124. The number of amides is 1. The summed E-state index contributed by atoms with van der Waals surface area (Å²) in [6.07, 6.45) is 4.01. The van der Waals surface area contributed by atoms with Gasteiger partial charge in [0.15, 0.2) is 0 Å². The molecule has 3 aromatic rings. The highest BCUT2D eigenvalue weighted by Crippen LogP contribution is 2.36. The van der Waals surface area contributed by atoms with Crippen LogP contribution in [-0.4, -0.2) is 35.3 Å². The van der Waals surface area contributed by atoms with Crippen LogP contribution in [0.15, 0.2) is 51.9 Å². The molecule has 1 aliphatic heterocycles. The number of thiophene rings is 1. The largest absolute Gasteiger partial charge is 0.387 e. The Morgan fingerprint density at radius 2 is 2.07 bits per heavy atom. The molecule has 6 nitrogen and oxygen atoms in total. The van der Waals surface area contributed by atoms with Crippen LogP contribution in [0.1, 0.15) is 18.9 Å². The van der Waals surface area contributed by atoms with Crippen molar-refractivity contribution in [3.63, 3.8) is 0 Å². The molecule has 0 aliphatic carbocycles. The Labute approximate surface area is 172 Å². The highest BCUT2D eigenvalue weighted by atomic mass is 32.1. The van der Waals surface area contributed by atoms with Crippen LogP contribution in [0.25, 0.3) is 26.6 Å². The zero-order valence-corrected chi connectivity index (χ0v) is 17.4. The number of nitrogens with zero attached hydrogens (tertiary/aromatic N) is 3. The first-order valence-corrected chi connectivity index (χ1v) is 10.2. The summed E-state index contributed by atoms with van der Waals surface area (Å²) in [5.74, 6) is 0.335. The number of carbonyl (C=O) groups excluding carboxylic acids is 1. The first-order chi connectivity index (χ1) is 13.9. The molecule has 0 unspecified atom stereocenters. The number of carbonyl (C=O) groups is 1. The van der Waals surface area contributed by atoms with Gasteiger partial charge in [-0.3, -0.25) is 9.59 Å². The second kappa shape index (κ2) is 7.33. The summed E-state index contributed by atoms with van der Waals surface area (Å²) in [5.41, 5.74) is 9.27. The van der Waals surface area contributed by atoms with Gasteiger partial charge in [-0.25, -0.2) is 4.99 Å². The summed E-state index contributed by atoms with van der Waals surface area (Å²) < 4.78 is 2.67. The molecule has 0 radical (unpaired) electrons. The van der Waals surface area contributed by atoms with Gasteiger partial charge >= 0.3 is 0 Å². The molecule has 7 heteroatoms. The highest BCUT2D eigenvalue weighted by molar-refractivity contribution is 7.22. The average Bonchev–Trinajstić information content (AvgIpc) is 3.06. The predicted octanol–water partition coefficient (Wildman–Crippen LogP) is 3.61. The topological polar surface area (TPSA) is 80.7 Å². The lowest BCUT2D eigenvalue weighted by atomic mass is 10.0. The van der Waals surface area contributed by atoms with Crippen molar-refractivity contribution in [3.05, 3.63) is 58.0 Å². The lowest BCUT2D eigenvalue weighted by Gasteiger charge is -2.12. The fourth-order valence-corrected chi connectivity index (χ4v) is 4.48. The van der Waals surface area contributed by atoms with Gasteiger partial charge in [0, 0.05) is 54.0 Å². The normalized spacial score (nSPS) is 13.5. The molecule has 0 atom stereocenters. The van der Waals surface area contributed by atoms with Crippen molar-refractivity contribution in [1.82, 2.24) is 9.47 Å². The summed E-state index contributed by atoms with van der Waals surface area (Å²) in [4.78, 5) is 32.0. The zero-order chi connectivity index (χ0) is 20.7. The van der Waals surface area contributed by atoms with Crippen molar-refractivity contribution in [2.24, 2.45) is 10.7 Å². The number of pyridine rings is 1. The average molecular weight is 407 g/mol. The summed E-state index contributed by atoms with van der Waals surface area (Å²) in [6, 6.07) is 9.83. The number of hydrogen-bond acceptors (Lipinski definition) is 5. The second-order valence-corrected chi connectivity index (χ2v) is 8.30. The molecule has 1 aliphatic rings. The number of rotatable bonds is 3. The Bertz CT molecular complexity index is 1250. The zero-order valence-electron chi connectivity index (χ0n) is 16.6. The quantitative estimate of drug-likeness (QED) is 0.721. The minimum Gasteiger partial charge on any atom is -0.387 e. The molecule has 3 heterocycles. The van der Waals surface area contributed by atoms with Gasteiger partial charge in [-0.15, -0.1) is 11.3 Å². The van der Waals surface area contributed by atoms with E-state index >= 15 is 0 Å². The molecule has 0 saturated carbocycles. The molecule has 0 saturated heterocycles. The molecular formula is C22H22N4O2S. The number of aliphatic imine (C=N–C) groups is 1. The molecule has 0 bridgehead atoms. The van der Waals surface area contributed by atoms with Gasteiger partial charge in [-0.05, 0) is 36.8 Å². The molecule has 1 aromatic carbocycles. The highest BCUT2D eigenvalue weighted by Gasteiger charge is 2.18. The van der Waals surface area contributed by atoms with Gasteiger partial charge in [0.2, 0.25) is 5.91 Å². The monoisotopic (exact) mass is 406 g/mol. The number of amidine groups is 1. The van der Waals surface area contributed by atoms with E-state index in [0.29, 0.717) is 24.4 Å². The van der Waals surface area contributed by atoms with Crippen molar-refractivity contribution in [2.75, 3.05) is 14.1 Å². The molecule has 1 amide bonds. The van der Waals surface area contributed by atoms with Crippen LogP contribution in [0.3, 0.4) is 0 Å². The van der Waals surface area contributed by atoms with E-state index in [4.69, 9.17) is 5.73 Å². The van der Waals surface area contributed by atoms with E-state index in [1.54, 1.807) is 34.9 Å². The van der Waals surface area contributed by atoms with Crippen molar-refractivity contribution < 1.29 is 4.79 Å². The molecule has 2 aromatic heterocycles. The fourth-order valence-electron chi connectivity index (χ4n) is 3.44. The molecule has 29 heavy (non-hydrogen) atoms. The lowest BCUT2D eigenvalue weighted by Crippen LogP contribution is -2.25. The van der Waals surface area contributed by atoms with E-state index < -0.39 is 0 Å². The molecule has 2 N–H and O–H groups in total. The van der Waals surface area contributed by atoms with Crippen LogP contribution in [0, 0.1) is 0 Å². The minimum atomic E-state index is -0.0724. The third kappa shape index (κ3) is 3.49. The van der Waals surface area contributed by atoms with Gasteiger partial charge < -0.3 is 15.2 Å². The Morgan fingerprint density at radius 1 is 1.28 bits per heavy atom. The van der Waals surface area contributed by atoms with Gasteiger partial charge in [0.05, 0.1) is 11.1 Å². The van der Waals surface area contributed by atoms with E-state index in [0.717, 1.165) is 31.8 Å². The Morgan fingerprint density at radius 3 is 2.79 bits per heavy atom. The van der Waals surface area contributed by atoms with E-state index in [-0.39, 0.29) is 11.5 Å². The van der Waals surface area contributed by atoms with Gasteiger partial charge in [0.25, 0.3) is 5.56 Å². The Balaban J connectivity index is 1.80. The Kier molecular flexibility index (Phi) is 4.84. The third-order valence-corrected chi connectivity index (χ3v) is 6.11. The van der Waals surface area contributed by atoms with Crippen molar-refractivity contribution in [1.29, 1.82) is 0 Å². The molecule has 4 rings (SSSR count). The van der Waals surface area contributed by atoms with E-state index in [9.17, 15) is 9.59 Å². The summed E-state index contributed by atoms with van der Waals surface area (Å²) in [6.45, 7) is 2.60. The third-order valence-electron chi connectivity index (χ3n) is 4.96. The number of aryl methyl sites for hydroxylation is 1. The molecule has 0 fully saturated rings. The van der Waals surface area contributed by atoms with Gasteiger partial charge in [0.1, 0.15) is 5.84 Å². The number of fused-ring (bicyclic) bond motifs is 2. The predicted molar refractivity (Wildman–Crippen MR) is 120 cm³/mol. The van der Waals surface area contributed by atoms with E-state index in [2.05, 4.69) is 4.99 Å². The van der Waals surface area contributed by atoms with Crippen LogP contribution in [0.4, 0.5) is 5.69 Å². The van der Waals surface area contributed by atoms with Crippen LogP contribution < -0.4 is 11.3 Å². The van der Waals surface area contributed by atoms with Gasteiger partial charge in [-0.2, -0.15) is 0 Å². The number of nitrogens with two attached hydrogens (primary N) is 1. The minimum absolute atomic E-state index is 0.0271.